The van der Waals surface area contributed by atoms with Gasteiger partial charge in [-0.1, -0.05) is 26.7 Å². The van der Waals surface area contributed by atoms with Crippen LogP contribution in [0.4, 0.5) is 0 Å². The number of hydrogen-bond acceptors (Lipinski definition) is 3. The summed E-state index contributed by atoms with van der Waals surface area (Å²) in [5.74, 6) is 0. The summed E-state index contributed by atoms with van der Waals surface area (Å²) < 4.78 is 6.44. The van der Waals surface area contributed by atoms with Crippen molar-refractivity contribution in [2.45, 2.75) is 82.6 Å². The van der Waals surface area contributed by atoms with Gasteiger partial charge in [-0.25, -0.2) is 0 Å². The van der Waals surface area contributed by atoms with Gasteiger partial charge in [0.15, 0.2) is 0 Å². The fourth-order valence-corrected chi connectivity index (χ4v) is 5.15. The zero-order chi connectivity index (χ0) is 14.6. The quantitative estimate of drug-likeness (QED) is 0.724. The normalized spacial score (nSPS) is 28.8. The van der Waals surface area contributed by atoms with Crippen molar-refractivity contribution in [1.82, 2.24) is 5.32 Å². The predicted octanol–water partition coefficient (Wildman–Crippen LogP) is 4.24. The molecule has 0 aliphatic heterocycles. The molecule has 1 spiro atoms. The number of thioether (sulfide) groups is 1. The number of ether oxygens (including phenoxy) is 1. The van der Waals surface area contributed by atoms with Gasteiger partial charge in [0.1, 0.15) is 0 Å². The van der Waals surface area contributed by atoms with E-state index in [-0.39, 0.29) is 0 Å². The molecule has 2 nitrogen and oxygen atoms in total. The van der Waals surface area contributed by atoms with Gasteiger partial charge in [0, 0.05) is 29.4 Å². The number of hydrogen-bond donors (Lipinski definition) is 1. The summed E-state index contributed by atoms with van der Waals surface area (Å²) >= 11 is 2.04. The first-order chi connectivity index (χ1) is 9.66. The fourth-order valence-electron chi connectivity index (χ4n) is 4.34. The lowest BCUT2D eigenvalue weighted by molar-refractivity contribution is -0.130. The summed E-state index contributed by atoms with van der Waals surface area (Å²) in [6.07, 6.45) is 12.1. The van der Waals surface area contributed by atoms with E-state index in [1.807, 2.05) is 11.8 Å². The van der Waals surface area contributed by atoms with Crippen molar-refractivity contribution in [2.75, 3.05) is 19.4 Å². The maximum Gasteiger partial charge on any atom is 0.0661 e. The molecule has 0 amide bonds. The van der Waals surface area contributed by atoms with Crippen LogP contribution < -0.4 is 5.32 Å². The molecule has 2 saturated carbocycles. The van der Waals surface area contributed by atoms with Crippen LogP contribution in [0.15, 0.2) is 0 Å². The first kappa shape index (κ1) is 16.6. The Kier molecular flexibility index (Phi) is 5.84. The highest BCUT2D eigenvalue weighted by molar-refractivity contribution is 8.00. The molecule has 2 aliphatic carbocycles. The molecule has 0 radical (unpaired) electrons. The van der Waals surface area contributed by atoms with Crippen molar-refractivity contribution in [2.24, 2.45) is 5.41 Å². The minimum atomic E-state index is 0.427. The van der Waals surface area contributed by atoms with E-state index < -0.39 is 0 Å². The Morgan fingerprint density at radius 2 is 1.85 bits per heavy atom. The lowest BCUT2D eigenvalue weighted by atomic mass is 9.60. The van der Waals surface area contributed by atoms with Gasteiger partial charge in [-0.3, -0.25) is 0 Å². The highest BCUT2D eigenvalue weighted by atomic mass is 32.2. The summed E-state index contributed by atoms with van der Waals surface area (Å²) in [7, 11) is 0. The smallest absolute Gasteiger partial charge is 0.0661 e. The Morgan fingerprint density at radius 1 is 1.20 bits per heavy atom. The van der Waals surface area contributed by atoms with Crippen LogP contribution >= 0.6 is 11.8 Å². The second kappa shape index (κ2) is 7.02. The van der Waals surface area contributed by atoms with Gasteiger partial charge in [0.2, 0.25) is 0 Å². The van der Waals surface area contributed by atoms with Gasteiger partial charge in [-0.2, -0.15) is 11.8 Å². The van der Waals surface area contributed by atoms with Crippen molar-refractivity contribution in [3.8, 4) is 0 Å². The van der Waals surface area contributed by atoms with Crippen LogP contribution in [0.1, 0.15) is 65.7 Å². The maximum absolute atomic E-state index is 6.01. The van der Waals surface area contributed by atoms with E-state index in [0.717, 1.165) is 13.2 Å². The van der Waals surface area contributed by atoms with Crippen molar-refractivity contribution in [3.63, 3.8) is 0 Å². The third-order valence-electron chi connectivity index (χ3n) is 6.08. The second-order valence-electron chi connectivity index (χ2n) is 6.65. The molecule has 0 heterocycles. The Labute approximate surface area is 129 Å². The van der Waals surface area contributed by atoms with Gasteiger partial charge in [-0.05, 0) is 45.3 Å². The van der Waals surface area contributed by atoms with Crippen molar-refractivity contribution >= 4 is 11.8 Å². The number of rotatable bonds is 8. The van der Waals surface area contributed by atoms with Crippen LogP contribution in [-0.4, -0.2) is 36.3 Å². The van der Waals surface area contributed by atoms with E-state index in [1.165, 1.54) is 44.9 Å². The molecule has 2 unspecified atom stereocenters. The highest BCUT2D eigenvalue weighted by Gasteiger charge is 2.56. The van der Waals surface area contributed by atoms with Gasteiger partial charge in [0.25, 0.3) is 0 Å². The SMILES string of the molecule is CCOC1CC(NCC(CC)(CC)SC)C12CCCC2. The molecule has 0 aromatic heterocycles. The molecule has 0 aromatic rings. The third-order valence-corrected chi connectivity index (χ3v) is 7.67. The predicted molar refractivity (Wildman–Crippen MR) is 89.6 cm³/mol. The molecule has 0 saturated heterocycles. The van der Waals surface area contributed by atoms with Crippen LogP contribution in [0.2, 0.25) is 0 Å². The van der Waals surface area contributed by atoms with E-state index in [4.69, 9.17) is 4.74 Å². The Bertz CT molecular complexity index is 289. The van der Waals surface area contributed by atoms with E-state index in [2.05, 4.69) is 32.3 Å². The first-order valence-corrected chi connectivity index (χ1v) is 9.79. The Hall–Kier alpha value is 0.270. The van der Waals surface area contributed by atoms with Crippen LogP contribution in [0, 0.1) is 5.41 Å². The van der Waals surface area contributed by atoms with Crippen LogP contribution in [0.3, 0.4) is 0 Å². The monoisotopic (exact) mass is 299 g/mol. The molecule has 2 aliphatic rings. The van der Waals surface area contributed by atoms with E-state index in [9.17, 15) is 0 Å². The summed E-state index contributed by atoms with van der Waals surface area (Å²) in [5, 5.41) is 3.93. The summed E-state index contributed by atoms with van der Waals surface area (Å²) in [6.45, 7) is 8.83. The minimum Gasteiger partial charge on any atom is -0.378 e. The zero-order valence-corrected chi connectivity index (χ0v) is 14.7. The van der Waals surface area contributed by atoms with Crippen LogP contribution in [0.5, 0.6) is 0 Å². The molecule has 2 atom stereocenters. The molecule has 1 N–H and O–H groups in total. The first-order valence-electron chi connectivity index (χ1n) is 8.56. The lowest BCUT2D eigenvalue weighted by Gasteiger charge is -2.55. The topological polar surface area (TPSA) is 21.3 Å². The van der Waals surface area contributed by atoms with E-state index in [1.54, 1.807) is 0 Å². The molecular formula is C17H33NOS. The van der Waals surface area contributed by atoms with Crippen molar-refractivity contribution in [1.29, 1.82) is 0 Å². The second-order valence-corrected chi connectivity index (χ2v) is 7.92. The molecule has 0 aromatic carbocycles. The molecule has 20 heavy (non-hydrogen) atoms. The summed E-state index contributed by atoms with van der Waals surface area (Å²) in [5.41, 5.74) is 0.474. The van der Waals surface area contributed by atoms with Crippen LogP contribution in [-0.2, 0) is 4.74 Å². The Morgan fingerprint density at radius 3 is 2.35 bits per heavy atom. The molecule has 2 rings (SSSR count). The maximum atomic E-state index is 6.01. The molecular weight excluding hydrogens is 266 g/mol. The average molecular weight is 300 g/mol. The lowest BCUT2D eigenvalue weighted by Crippen LogP contribution is -2.64. The summed E-state index contributed by atoms with van der Waals surface area (Å²) in [4.78, 5) is 0. The van der Waals surface area contributed by atoms with E-state index >= 15 is 0 Å². The van der Waals surface area contributed by atoms with Gasteiger partial charge in [0.05, 0.1) is 6.10 Å². The van der Waals surface area contributed by atoms with Crippen LogP contribution in [0.25, 0.3) is 0 Å². The minimum absolute atomic E-state index is 0.427. The molecule has 2 fully saturated rings. The highest BCUT2D eigenvalue weighted by Crippen LogP contribution is 2.54. The van der Waals surface area contributed by atoms with E-state index in [0.29, 0.717) is 22.3 Å². The average Bonchev–Trinajstić information content (AvgIpc) is 2.99. The third kappa shape index (κ3) is 2.91. The Balaban J connectivity index is 1.93. The standard InChI is InChI=1S/C17H33NOS/c1-5-16(6-2,20-4)13-18-14-12-15(19-7-3)17(14)10-8-9-11-17/h14-15,18H,5-13H2,1-4H3. The summed E-state index contributed by atoms with van der Waals surface area (Å²) in [6, 6.07) is 0.700. The zero-order valence-electron chi connectivity index (χ0n) is 13.8. The van der Waals surface area contributed by atoms with Crippen molar-refractivity contribution in [3.05, 3.63) is 0 Å². The molecule has 118 valence electrons. The largest absolute Gasteiger partial charge is 0.378 e. The number of nitrogens with one attached hydrogen (secondary N) is 1. The van der Waals surface area contributed by atoms with Gasteiger partial charge < -0.3 is 10.1 Å². The molecule has 3 heteroatoms. The van der Waals surface area contributed by atoms with Gasteiger partial charge in [-0.15, -0.1) is 0 Å². The fraction of sp³-hybridized carbons (Fsp3) is 1.00. The molecule has 0 bridgehead atoms. The van der Waals surface area contributed by atoms with Gasteiger partial charge >= 0.3 is 0 Å². The van der Waals surface area contributed by atoms with Crippen molar-refractivity contribution < 1.29 is 4.74 Å².